The molecule has 2 heterocycles. The van der Waals surface area contributed by atoms with Crippen molar-refractivity contribution in [3.8, 4) is 22.8 Å². The summed E-state index contributed by atoms with van der Waals surface area (Å²) in [4.78, 5) is 46.0. The van der Waals surface area contributed by atoms with Gasteiger partial charge in [-0.25, -0.2) is 9.78 Å². The highest BCUT2D eigenvalue weighted by Crippen LogP contribution is 2.45. The first-order valence-electron chi connectivity index (χ1n) is 14.6. The van der Waals surface area contributed by atoms with Crippen LogP contribution in [0.25, 0.3) is 22.2 Å². The van der Waals surface area contributed by atoms with E-state index < -0.39 is 46.9 Å². The van der Waals surface area contributed by atoms with Crippen LogP contribution < -0.4 is 20.0 Å². The Morgan fingerprint density at radius 1 is 1.18 bits per heavy atom. The molecule has 5 rings (SSSR count). The van der Waals surface area contributed by atoms with Crippen LogP contribution in [0, 0.1) is 11.3 Å². The summed E-state index contributed by atoms with van der Waals surface area (Å²) in [6.07, 6.45) is 1.33. The fourth-order valence-corrected chi connectivity index (χ4v) is 5.89. The Morgan fingerprint density at radius 2 is 1.91 bits per heavy atom. The number of ether oxygens (including phenoxy) is 2. The van der Waals surface area contributed by atoms with Crippen molar-refractivity contribution in [1.29, 1.82) is 0 Å². The van der Waals surface area contributed by atoms with Gasteiger partial charge in [0, 0.05) is 35.4 Å². The van der Waals surface area contributed by atoms with Crippen LogP contribution in [0.2, 0.25) is 0 Å². The summed E-state index contributed by atoms with van der Waals surface area (Å²) >= 11 is 0. The van der Waals surface area contributed by atoms with Gasteiger partial charge in [-0.3, -0.25) is 9.59 Å². The average Bonchev–Trinajstić information content (AvgIpc) is 3.56. The molecule has 1 aliphatic heterocycles. The lowest BCUT2D eigenvalue weighted by atomic mass is 9.84. The van der Waals surface area contributed by atoms with Gasteiger partial charge in [-0.1, -0.05) is 57.2 Å². The molecule has 228 valence electrons. The lowest BCUT2D eigenvalue weighted by Gasteiger charge is -2.35. The van der Waals surface area contributed by atoms with Crippen molar-refractivity contribution in [1.82, 2.24) is 20.4 Å². The first-order valence-corrected chi connectivity index (χ1v) is 14.6. The van der Waals surface area contributed by atoms with E-state index in [9.17, 15) is 19.5 Å². The quantitative estimate of drug-likeness (QED) is 0.240. The number of aromatic nitrogens is 1. The van der Waals surface area contributed by atoms with Crippen LogP contribution in [0.4, 0.5) is 0 Å². The highest BCUT2D eigenvalue weighted by atomic mass is 16.5. The number of carboxylic acid groups (broad SMARTS) is 1. The number of nitrogens with one attached hydrogen (secondary N) is 2. The molecule has 0 bridgehead atoms. The number of carbonyl (C=O) groups excluding carboxylic acids is 2. The average molecular weight is 596 g/mol. The third kappa shape index (κ3) is 5.88. The van der Waals surface area contributed by atoms with Gasteiger partial charge in [-0.15, -0.1) is 6.58 Å². The normalized spacial score (nSPS) is 23.5. The van der Waals surface area contributed by atoms with E-state index in [1.807, 2.05) is 75.4 Å². The maximum absolute atomic E-state index is 13.9. The number of carbonyl (C=O) groups is 3. The van der Waals surface area contributed by atoms with E-state index >= 15 is 0 Å². The zero-order chi connectivity index (χ0) is 31.8. The van der Waals surface area contributed by atoms with E-state index in [0.717, 1.165) is 10.9 Å². The predicted octanol–water partition coefficient (Wildman–Crippen LogP) is 3.49. The number of pyridine rings is 1. The number of methoxy groups -OCH3 is 1. The number of nitrogens with zero attached hydrogens (tertiary/aromatic N) is 2. The fraction of sp³-hybridized carbons (Fsp3) is 0.394. The minimum Gasteiger partial charge on any atom is -0.497 e. The molecule has 5 atom stereocenters. The van der Waals surface area contributed by atoms with Crippen molar-refractivity contribution in [2.45, 2.75) is 57.3 Å². The van der Waals surface area contributed by atoms with Gasteiger partial charge in [-0.2, -0.15) is 0 Å². The second-order valence-electron chi connectivity index (χ2n) is 12.5. The summed E-state index contributed by atoms with van der Waals surface area (Å²) in [6.45, 7) is 9.40. The smallest absolute Gasteiger partial charge is 0.330 e. The molecule has 2 unspecified atom stereocenters. The molecule has 44 heavy (non-hydrogen) atoms. The summed E-state index contributed by atoms with van der Waals surface area (Å²) in [6, 6.07) is 15.3. The van der Waals surface area contributed by atoms with Gasteiger partial charge in [0.2, 0.25) is 11.8 Å². The predicted molar refractivity (Wildman–Crippen MR) is 167 cm³/mol. The zero-order valence-corrected chi connectivity index (χ0v) is 25.4. The molecule has 2 fully saturated rings. The summed E-state index contributed by atoms with van der Waals surface area (Å²) in [7, 11) is 7.40. The van der Waals surface area contributed by atoms with Crippen LogP contribution in [-0.4, -0.2) is 78.1 Å². The van der Waals surface area contributed by atoms with Crippen LogP contribution >= 0.6 is 0 Å². The summed E-state index contributed by atoms with van der Waals surface area (Å²) in [5, 5.41) is 16.0. The minimum absolute atomic E-state index is 0.0940. The number of hydrogen-bond donors (Lipinski definition) is 3. The molecule has 1 aliphatic carbocycles. The number of hydrogen-bond acceptors (Lipinski definition) is 7. The minimum atomic E-state index is -1.44. The van der Waals surface area contributed by atoms with Crippen molar-refractivity contribution < 1.29 is 29.0 Å². The molecule has 1 saturated heterocycles. The van der Waals surface area contributed by atoms with E-state index in [1.54, 1.807) is 7.11 Å². The Balaban J connectivity index is 1.50. The SMILES string of the molecule is [B]N[C@H](C(=O)N1CC(Oc2cc(-c3ccccc3)nc3cc(OC)ccc23)C[C@H]1C(=O)N[C@]1(C(=O)O)CC1C=C)C(C)(C)C. The second-order valence-corrected chi connectivity index (χ2v) is 12.5. The molecule has 1 aromatic heterocycles. The highest BCUT2D eigenvalue weighted by Gasteiger charge is 2.61. The highest BCUT2D eigenvalue weighted by molar-refractivity contribution is 6.07. The topological polar surface area (TPSA) is 130 Å². The van der Waals surface area contributed by atoms with Crippen molar-refractivity contribution in [3.63, 3.8) is 0 Å². The zero-order valence-electron chi connectivity index (χ0n) is 25.4. The molecule has 2 amide bonds. The molecule has 2 aliphatic rings. The molecule has 1 saturated carbocycles. The monoisotopic (exact) mass is 596 g/mol. The first kappa shape index (κ1) is 31.1. The van der Waals surface area contributed by atoms with Gasteiger partial charge >= 0.3 is 5.97 Å². The van der Waals surface area contributed by atoms with Gasteiger partial charge in [0.15, 0.2) is 7.98 Å². The van der Waals surface area contributed by atoms with E-state index in [4.69, 9.17) is 22.4 Å². The number of likely N-dealkylation sites (tertiary alicyclic amines) is 1. The molecule has 2 radical (unpaired) electrons. The summed E-state index contributed by atoms with van der Waals surface area (Å²) < 4.78 is 12.0. The Bertz CT molecular complexity index is 1590. The number of carboxylic acids is 1. The third-order valence-corrected chi connectivity index (χ3v) is 8.50. The van der Waals surface area contributed by atoms with Crippen LogP contribution in [0.5, 0.6) is 11.5 Å². The molecule has 2 aromatic carbocycles. The number of fused-ring (bicyclic) bond motifs is 1. The van der Waals surface area contributed by atoms with Crippen molar-refractivity contribution >= 4 is 36.7 Å². The van der Waals surface area contributed by atoms with Gasteiger partial charge < -0.3 is 30.0 Å². The first-order chi connectivity index (χ1) is 20.9. The Kier molecular flexibility index (Phi) is 8.44. The lowest BCUT2D eigenvalue weighted by molar-refractivity contribution is -0.146. The number of benzene rings is 2. The summed E-state index contributed by atoms with van der Waals surface area (Å²) in [5.74, 6) is -1.29. The second kappa shape index (κ2) is 12.0. The molecule has 3 aromatic rings. The van der Waals surface area contributed by atoms with Crippen LogP contribution in [0.15, 0.2) is 67.3 Å². The van der Waals surface area contributed by atoms with Crippen LogP contribution in [0.3, 0.4) is 0 Å². The van der Waals surface area contributed by atoms with E-state index in [0.29, 0.717) is 22.7 Å². The largest absolute Gasteiger partial charge is 0.497 e. The maximum atomic E-state index is 13.9. The van der Waals surface area contributed by atoms with Gasteiger partial charge in [0.25, 0.3) is 0 Å². The Labute approximate surface area is 258 Å². The molecule has 11 heteroatoms. The summed E-state index contributed by atoms with van der Waals surface area (Å²) in [5.41, 5.74) is 0.240. The Morgan fingerprint density at radius 3 is 2.50 bits per heavy atom. The van der Waals surface area contributed by atoms with Crippen LogP contribution in [-0.2, 0) is 14.4 Å². The van der Waals surface area contributed by atoms with E-state index in [-0.39, 0.29) is 25.3 Å². The molecular weight excluding hydrogens is 559 g/mol. The molecule has 0 spiro atoms. The van der Waals surface area contributed by atoms with Gasteiger partial charge in [-0.05, 0) is 24.0 Å². The van der Waals surface area contributed by atoms with Crippen LogP contribution in [0.1, 0.15) is 33.6 Å². The van der Waals surface area contributed by atoms with Crippen molar-refractivity contribution in [2.75, 3.05) is 13.7 Å². The third-order valence-electron chi connectivity index (χ3n) is 8.50. The van der Waals surface area contributed by atoms with Gasteiger partial charge in [0.1, 0.15) is 29.2 Å². The standard InChI is InChI=1S/C33H37BN4O6/c1-6-20-17-33(20,31(41)42)36-29(39)26-15-22(18-38(26)30(40)28(37-34)32(2,3)4)44-27-16-24(19-10-8-7-9-11-19)35-25-14-21(43-5)12-13-23(25)27/h6-14,16,20,22,26,28,37H,1,15,17-18H2,2-5H3,(H,36,39)(H,41,42)/t20?,22?,26-,28+,33+/m0/s1. The lowest BCUT2D eigenvalue weighted by Crippen LogP contribution is -2.58. The number of rotatable bonds is 10. The fourth-order valence-electron chi connectivity index (χ4n) is 5.89. The van der Waals surface area contributed by atoms with Crippen molar-refractivity contribution in [3.05, 3.63) is 67.3 Å². The van der Waals surface area contributed by atoms with Crippen molar-refractivity contribution in [2.24, 2.45) is 11.3 Å². The molecular formula is C33H37BN4O6. The molecule has 3 N–H and O–H groups in total. The number of aliphatic carboxylic acids is 1. The van der Waals surface area contributed by atoms with E-state index in [1.165, 1.54) is 11.0 Å². The maximum Gasteiger partial charge on any atom is 0.330 e. The molecule has 10 nitrogen and oxygen atoms in total. The van der Waals surface area contributed by atoms with Gasteiger partial charge in [0.05, 0.1) is 30.9 Å². The Hall–Kier alpha value is -4.38. The van der Waals surface area contributed by atoms with E-state index in [2.05, 4.69) is 17.1 Å². The number of amides is 2.